The number of aromatic nitrogens is 1. The third kappa shape index (κ3) is 3.33. The molecular weight excluding hydrogens is 334 g/mol. The number of rotatable bonds is 4. The monoisotopic (exact) mass is 357 g/mol. The van der Waals surface area contributed by atoms with E-state index in [4.69, 9.17) is 4.52 Å². The summed E-state index contributed by atoms with van der Waals surface area (Å²) >= 11 is 1.73. The molecule has 2 aliphatic heterocycles. The molecule has 1 fully saturated rings. The van der Waals surface area contributed by atoms with Crippen molar-refractivity contribution in [2.75, 3.05) is 19.6 Å². The van der Waals surface area contributed by atoms with Crippen molar-refractivity contribution in [1.29, 1.82) is 0 Å². The summed E-state index contributed by atoms with van der Waals surface area (Å²) in [5.74, 6) is 1.33. The summed E-state index contributed by atoms with van der Waals surface area (Å²) in [6.07, 6.45) is 3.82. The van der Waals surface area contributed by atoms with E-state index >= 15 is 0 Å². The zero-order valence-electron chi connectivity index (χ0n) is 14.5. The lowest BCUT2D eigenvalue weighted by atomic mass is 10.0. The molecule has 1 amide bonds. The van der Waals surface area contributed by atoms with Gasteiger partial charge in [-0.15, -0.1) is 11.8 Å². The van der Waals surface area contributed by atoms with Gasteiger partial charge in [-0.3, -0.25) is 9.69 Å². The van der Waals surface area contributed by atoms with Gasteiger partial charge >= 0.3 is 0 Å². The van der Waals surface area contributed by atoms with Gasteiger partial charge in [0.2, 0.25) is 0 Å². The van der Waals surface area contributed by atoms with E-state index in [1.54, 1.807) is 11.8 Å². The van der Waals surface area contributed by atoms with Gasteiger partial charge in [-0.1, -0.05) is 23.7 Å². The van der Waals surface area contributed by atoms with E-state index in [-0.39, 0.29) is 5.91 Å². The first kappa shape index (κ1) is 16.7. The van der Waals surface area contributed by atoms with E-state index < -0.39 is 0 Å². The lowest BCUT2D eigenvalue weighted by Crippen LogP contribution is -2.42. The van der Waals surface area contributed by atoms with Gasteiger partial charge in [-0.05, 0) is 38.4 Å². The van der Waals surface area contributed by atoms with Crippen LogP contribution in [-0.2, 0) is 5.75 Å². The van der Waals surface area contributed by atoms with Crippen LogP contribution in [0, 0.1) is 0 Å². The molecule has 5 nitrogen and oxygen atoms in total. The van der Waals surface area contributed by atoms with Gasteiger partial charge in [0.05, 0.1) is 0 Å². The Bertz CT molecular complexity index is 774. The third-order valence-electron chi connectivity index (χ3n) is 5.13. The fourth-order valence-corrected chi connectivity index (χ4v) is 4.71. The second-order valence-electron chi connectivity index (χ2n) is 6.76. The maximum absolute atomic E-state index is 12.6. The molecule has 3 heterocycles. The number of hydrogen-bond donors (Lipinski definition) is 1. The van der Waals surface area contributed by atoms with Crippen LogP contribution in [0.2, 0.25) is 0 Å². The molecule has 1 saturated heterocycles. The van der Waals surface area contributed by atoms with Crippen molar-refractivity contribution in [3.05, 3.63) is 35.5 Å². The second kappa shape index (κ2) is 7.22. The van der Waals surface area contributed by atoms with Crippen LogP contribution >= 0.6 is 11.8 Å². The molecule has 0 radical (unpaired) electrons. The predicted molar refractivity (Wildman–Crippen MR) is 98.7 cm³/mol. The van der Waals surface area contributed by atoms with E-state index in [0.29, 0.717) is 18.3 Å². The van der Waals surface area contributed by atoms with Gasteiger partial charge in [0.15, 0.2) is 11.5 Å². The Kier molecular flexibility index (Phi) is 4.81. The Morgan fingerprint density at radius 1 is 1.40 bits per heavy atom. The predicted octanol–water partition coefficient (Wildman–Crippen LogP) is 3.55. The minimum atomic E-state index is -0.130. The number of thioether (sulfide) groups is 1. The number of carbonyl (C=O) groups is 1. The molecule has 4 rings (SSSR count). The first-order valence-electron chi connectivity index (χ1n) is 8.97. The fraction of sp³-hybridized carbons (Fsp3) is 0.474. The van der Waals surface area contributed by atoms with Crippen molar-refractivity contribution in [2.45, 2.75) is 42.9 Å². The summed E-state index contributed by atoms with van der Waals surface area (Å²) < 4.78 is 5.51. The first-order chi connectivity index (χ1) is 12.2. The van der Waals surface area contributed by atoms with Crippen molar-refractivity contribution in [3.63, 3.8) is 0 Å². The molecule has 0 saturated carbocycles. The molecular formula is C19H23N3O2S. The van der Waals surface area contributed by atoms with E-state index in [0.717, 1.165) is 35.7 Å². The maximum atomic E-state index is 12.6. The van der Waals surface area contributed by atoms with Gasteiger partial charge in [0.25, 0.3) is 5.91 Å². The maximum Gasteiger partial charge on any atom is 0.273 e. The number of nitrogens with one attached hydrogen (secondary N) is 1. The number of hydrogen-bond acceptors (Lipinski definition) is 5. The molecule has 0 bridgehead atoms. The summed E-state index contributed by atoms with van der Waals surface area (Å²) in [4.78, 5) is 16.2. The largest absolute Gasteiger partial charge is 0.355 e. The molecule has 1 unspecified atom stereocenters. The molecule has 0 aliphatic carbocycles. The smallest absolute Gasteiger partial charge is 0.273 e. The Balaban J connectivity index is 1.41. The van der Waals surface area contributed by atoms with Crippen LogP contribution in [-0.4, -0.2) is 41.6 Å². The highest BCUT2D eigenvalue weighted by molar-refractivity contribution is 7.98. The van der Waals surface area contributed by atoms with Crippen LogP contribution in [0.3, 0.4) is 0 Å². The number of carbonyl (C=O) groups excluding carboxylic acids is 1. The Morgan fingerprint density at radius 2 is 2.28 bits per heavy atom. The molecule has 0 spiro atoms. The number of fused-ring (bicyclic) bond motifs is 3. The second-order valence-corrected chi connectivity index (χ2v) is 7.78. The van der Waals surface area contributed by atoms with Crippen molar-refractivity contribution < 1.29 is 9.32 Å². The number of amides is 1. The highest BCUT2D eigenvalue weighted by Crippen LogP contribution is 2.42. The standard InChI is InChI=1S/C19H23N3O2S/c1-13-6-4-5-10-22(13)11-9-20-19(23)17-15-12-25-16-8-3-2-7-14(16)18(15)24-21-17/h2-3,7-8,13H,4-6,9-12H2,1H3,(H,20,23). The molecule has 1 atom stereocenters. The molecule has 2 aromatic rings. The average Bonchev–Trinajstić information content (AvgIpc) is 3.08. The molecule has 2 aliphatic rings. The Morgan fingerprint density at radius 3 is 3.16 bits per heavy atom. The summed E-state index contributed by atoms with van der Waals surface area (Å²) in [6, 6.07) is 8.70. The fourth-order valence-electron chi connectivity index (χ4n) is 3.65. The number of likely N-dealkylation sites (tertiary alicyclic amines) is 1. The van der Waals surface area contributed by atoms with E-state index in [2.05, 4.69) is 28.4 Å². The normalized spacial score (nSPS) is 20.0. The number of piperidine rings is 1. The summed E-state index contributed by atoms with van der Waals surface area (Å²) in [7, 11) is 0. The minimum Gasteiger partial charge on any atom is -0.355 e. The summed E-state index contributed by atoms with van der Waals surface area (Å²) in [6.45, 7) is 4.94. The van der Waals surface area contributed by atoms with Crippen LogP contribution < -0.4 is 5.32 Å². The highest BCUT2D eigenvalue weighted by Gasteiger charge is 2.28. The van der Waals surface area contributed by atoms with Gasteiger partial charge in [-0.2, -0.15) is 0 Å². The van der Waals surface area contributed by atoms with E-state index in [1.165, 1.54) is 24.2 Å². The van der Waals surface area contributed by atoms with Crippen LogP contribution in [0.1, 0.15) is 42.2 Å². The SMILES string of the molecule is CC1CCCCN1CCNC(=O)c1noc2c1CSc1ccccc1-2. The zero-order chi connectivity index (χ0) is 17.2. The van der Waals surface area contributed by atoms with Gasteiger partial charge in [-0.25, -0.2) is 0 Å². The van der Waals surface area contributed by atoms with Crippen LogP contribution in [0.15, 0.2) is 33.7 Å². The van der Waals surface area contributed by atoms with Crippen molar-refractivity contribution in [3.8, 4) is 11.3 Å². The molecule has 25 heavy (non-hydrogen) atoms. The van der Waals surface area contributed by atoms with Gasteiger partial charge < -0.3 is 9.84 Å². The summed E-state index contributed by atoms with van der Waals surface area (Å²) in [5, 5.41) is 7.08. The van der Waals surface area contributed by atoms with E-state index in [1.807, 2.05) is 18.2 Å². The van der Waals surface area contributed by atoms with Crippen molar-refractivity contribution in [1.82, 2.24) is 15.4 Å². The topological polar surface area (TPSA) is 58.4 Å². The van der Waals surface area contributed by atoms with E-state index in [9.17, 15) is 4.79 Å². The van der Waals surface area contributed by atoms with Crippen molar-refractivity contribution >= 4 is 17.7 Å². The molecule has 1 N–H and O–H groups in total. The molecule has 132 valence electrons. The minimum absolute atomic E-state index is 0.130. The zero-order valence-corrected chi connectivity index (χ0v) is 15.3. The van der Waals surface area contributed by atoms with Crippen LogP contribution in [0.5, 0.6) is 0 Å². The lowest BCUT2D eigenvalue weighted by Gasteiger charge is -2.33. The Hall–Kier alpha value is -1.79. The van der Waals surface area contributed by atoms with Gasteiger partial charge in [0.1, 0.15) is 0 Å². The quantitative estimate of drug-likeness (QED) is 0.907. The lowest BCUT2D eigenvalue weighted by molar-refractivity contribution is 0.0929. The highest BCUT2D eigenvalue weighted by atomic mass is 32.2. The van der Waals surface area contributed by atoms with Crippen LogP contribution in [0.25, 0.3) is 11.3 Å². The number of nitrogens with zero attached hydrogens (tertiary/aromatic N) is 2. The average molecular weight is 357 g/mol. The third-order valence-corrected chi connectivity index (χ3v) is 6.23. The molecule has 1 aromatic carbocycles. The molecule has 6 heteroatoms. The van der Waals surface area contributed by atoms with Crippen LogP contribution in [0.4, 0.5) is 0 Å². The van der Waals surface area contributed by atoms with Gasteiger partial charge in [0, 0.05) is 40.9 Å². The molecule has 1 aromatic heterocycles. The van der Waals surface area contributed by atoms with Crippen molar-refractivity contribution in [2.24, 2.45) is 0 Å². The summed E-state index contributed by atoms with van der Waals surface area (Å²) in [5.41, 5.74) is 2.37. The Labute approximate surface area is 152 Å². The first-order valence-corrected chi connectivity index (χ1v) is 9.95. The number of benzene rings is 1.